The summed E-state index contributed by atoms with van der Waals surface area (Å²) in [6.07, 6.45) is 0.408. The molecule has 11 nitrogen and oxygen atoms in total. The molecule has 3 rings (SSSR count). The van der Waals surface area contributed by atoms with Gasteiger partial charge in [-0.05, 0) is 49.8 Å². The van der Waals surface area contributed by atoms with Gasteiger partial charge in [0, 0.05) is 19.2 Å². The molecule has 39 heavy (non-hydrogen) atoms. The van der Waals surface area contributed by atoms with Gasteiger partial charge >= 0.3 is 0 Å². The summed E-state index contributed by atoms with van der Waals surface area (Å²) in [6.45, 7) is 12.4. The molecule has 1 aromatic carbocycles. The maximum Gasteiger partial charge on any atom is 0.243 e. The third kappa shape index (κ3) is 8.06. The zero-order valence-electron chi connectivity index (χ0n) is 23.8. The van der Waals surface area contributed by atoms with E-state index in [2.05, 4.69) is 16.0 Å². The standard InChI is InChI=1S/C27H44N4O7S/c1-17(2)15-31(39(35,36)19-9-10-22-23(14-19)38-13-12-37-22)16-21(32)18(3)29-26(34)24(27(4,5)6)30-25(33)20-8-7-11-28-20/h9-10,14,17-18,20-21,24,28,32H,7-8,11-13,15-16H2,1-6H3,(H,29,34)(H,30,33)/t18-,20-,21+,24+/m0/s1. The summed E-state index contributed by atoms with van der Waals surface area (Å²) in [4.78, 5) is 26.0. The van der Waals surface area contributed by atoms with Crippen molar-refractivity contribution in [2.75, 3.05) is 32.8 Å². The summed E-state index contributed by atoms with van der Waals surface area (Å²) in [5.41, 5.74) is -0.589. The van der Waals surface area contributed by atoms with E-state index < -0.39 is 39.5 Å². The van der Waals surface area contributed by atoms with E-state index in [9.17, 15) is 23.1 Å². The molecule has 2 aliphatic heterocycles. The van der Waals surface area contributed by atoms with Gasteiger partial charge in [0.05, 0.1) is 23.1 Å². The third-order valence-electron chi connectivity index (χ3n) is 6.85. The number of aliphatic hydroxyl groups excluding tert-OH is 1. The molecular formula is C27H44N4O7S. The molecule has 0 radical (unpaired) electrons. The van der Waals surface area contributed by atoms with E-state index in [0.717, 1.165) is 13.0 Å². The van der Waals surface area contributed by atoms with Crippen LogP contribution in [0.1, 0.15) is 54.4 Å². The lowest BCUT2D eigenvalue weighted by Crippen LogP contribution is -2.59. The molecule has 0 aliphatic carbocycles. The molecule has 2 heterocycles. The fraction of sp³-hybridized carbons (Fsp3) is 0.704. The molecular weight excluding hydrogens is 524 g/mol. The number of sulfonamides is 1. The predicted octanol–water partition coefficient (Wildman–Crippen LogP) is 1.25. The van der Waals surface area contributed by atoms with Gasteiger partial charge in [-0.3, -0.25) is 9.59 Å². The van der Waals surface area contributed by atoms with Crippen molar-refractivity contribution in [3.8, 4) is 11.5 Å². The Bertz CT molecular complexity index is 1110. The molecule has 2 amide bonds. The highest BCUT2D eigenvalue weighted by Gasteiger charge is 2.37. The predicted molar refractivity (Wildman–Crippen MR) is 147 cm³/mol. The van der Waals surface area contributed by atoms with E-state index in [1.807, 2.05) is 34.6 Å². The van der Waals surface area contributed by atoms with Crippen LogP contribution in [0.3, 0.4) is 0 Å². The number of carbonyl (C=O) groups is 2. The van der Waals surface area contributed by atoms with Gasteiger partial charge in [0.1, 0.15) is 19.3 Å². The Hall–Kier alpha value is -2.41. The van der Waals surface area contributed by atoms with Gasteiger partial charge in [0.2, 0.25) is 21.8 Å². The summed E-state index contributed by atoms with van der Waals surface area (Å²) in [7, 11) is -3.99. The highest BCUT2D eigenvalue weighted by Crippen LogP contribution is 2.33. The quantitative estimate of drug-likeness (QED) is 0.312. The van der Waals surface area contributed by atoms with Crippen molar-refractivity contribution in [3.63, 3.8) is 0 Å². The van der Waals surface area contributed by atoms with E-state index in [1.165, 1.54) is 16.4 Å². The van der Waals surface area contributed by atoms with Crippen LogP contribution in [0.2, 0.25) is 0 Å². The summed E-state index contributed by atoms with van der Waals surface area (Å²) in [5.74, 6) is 0.154. The van der Waals surface area contributed by atoms with E-state index in [1.54, 1.807) is 13.0 Å². The van der Waals surface area contributed by atoms with Crippen LogP contribution in [0.4, 0.5) is 0 Å². The zero-order valence-corrected chi connectivity index (χ0v) is 24.6. The van der Waals surface area contributed by atoms with Crippen LogP contribution >= 0.6 is 0 Å². The van der Waals surface area contributed by atoms with Gasteiger partial charge in [-0.25, -0.2) is 8.42 Å². The Morgan fingerprint density at radius 2 is 1.77 bits per heavy atom. The molecule has 4 N–H and O–H groups in total. The van der Waals surface area contributed by atoms with E-state index >= 15 is 0 Å². The number of nitrogens with one attached hydrogen (secondary N) is 3. The largest absolute Gasteiger partial charge is 0.486 e. The second-order valence-electron chi connectivity index (χ2n) is 11.8. The molecule has 2 aliphatic rings. The van der Waals surface area contributed by atoms with Crippen LogP contribution < -0.4 is 25.4 Å². The first-order valence-corrected chi connectivity index (χ1v) is 15.1. The Morgan fingerprint density at radius 3 is 2.36 bits per heavy atom. The van der Waals surface area contributed by atoms with Crippen molar-refractivity contribution in [1.29, 1.82) is 0 Å². The summed E-state index contributed by atoms with van der Waals surface area (Å²) < 4.78 is 39.5. The first kappa shape index (κ1) is 31.1. The molecule has 1 aromatic rings. The zero-order chi connectivity index (χ0) is 29.0. The van der Waals surface area contributed by atoms with Crippen molar-refractivity contribution in [3.05, 3.63) is 18.2 Å². The minimum Gasteiger partial charge on any atom is -0.486 e. The summed E-state index contributed by atoms with van der Waals surface area (Å²) in [5, 5.41) is 19.8. The van der Waals surface area contributed by atoms with Crippen molar-refractivity contribution in [2.24, 2.45) is 11.3 Å². The Morgan fingerprint density at radius 1 is 1.10 bits per heavy atom. The van der Waals surface area contributed by atoms with Crippen LogP contribution in [-0.2, 0) is 19.6 Å². The molecule has 1 fully saturated rings. The number of rotatable bonds is 11. The Labute approximate surface area is 232 Å². The van der Waals surface area contributed by atoms with Gasteiger partial charge in [-0.15, -0.1) is 0 Å². The smallest absolute Gasteiger partial charge is 0.243 e. The van der Waals surface area contributed by atoms with E-state index in [0.29, 0.717) is 31.1 Å². The first-order valence-electron chi connectivity index (χ1n) is 13.6. The minimum absolute atomic E-state index is 0.0150. The van der Waals surface area contributed by atoms with E-state index in [-0.39, 0.29) is 35.9 Å². The molecule has 220 valence electrons. The lowest BCUT2D eigenvalue weighted by atomic mass is 9.85. The number of ether oxygens (including phenoxy) is 2. The second kappa shape index (κ2) is 12.8. The van der Waals surface area contributed by atoms with Gasteiger partial charge in [-0.2, -0.15) is 4.31 Å². The molecule has 4 atom stereocenters. The lowest BCUT2D eigenvalue weighted by molar-refractivity contribution is -0.133. The molecule has 0 unspecified atom stereocenters. The number of hydrogen-bond acceptors (Lipinski definition) is 8. The first-order chi connectivity index (χ1) is 18.2. The van der Waals surface area contributed by atoms with Crippen molar-refractivity contribution >= 4 is 21.8 Å². The molecule has 12 heteroatoms. The van der Waals surface area contributed by atoms with Gasteiger partial charge in [0.25, 0.3) is 0 Å². The minimum atomic E-state index is -3.99. The number of amides is 2. The van der Waals surface area contributed by atoms with Crippen molar-refractivity contribution < 1.29 is 32.6 Å². The number of nitrogens with zero attached hydrogens (tertiary/aromatic N) is 1. The highest BCUT2D eigenvalue weighted by atomic mass is 32.2. The Balaban J connectivity index is 1.72. The van der Waals surface area contributed by atoms with Gasteiger partial charge in [0.15, 0.2) is 11.5 Å². The van der Waals surface area contributed by atoms with E-state index in [4.69, 9.17) is 9.47 Å². The fourth-order valence-electron chi connectivity index (χ4n) is 4.61. The Kier molecular flexibility index (Phi) is 10.2. The van der Waals surface area contributed by atoms with Gasteiger partial charge in [-0.1, -0.05) is 34.6 Å². The molecule has 0 saturated carbocycles. The third-order valence-corrected chi connectivity index (χ3v) is 8.68. The highest BCUT2D eigenvalue weighted by molar-refractivity contribution is 7.89. The van der Waals surface area contributed by atoms with Crippen LogP contribution in [-0.4, -0.2) is 86.7 Å². The fourth-order valence-corrected chi connectivity index (χ4v) is 6.25. The van der Waals surface area contributed by atoms with Crippen LogP contribution in [0.5, 0.6) is 11.5 Å². The van der Waals surface area contributed by atoms with Crippen molar-refractivity contribution in [2.45, 2.75) is 83.5 Å². The topological polar surface area (TPSA) is 146 Å². The maximum atomic E-state index is 13.6. The van der Waals surface area contributed by atoms with Gasteiger partial charge < -0.3 is 30.5 Å². The molecule has 0 spiro atoms. The number of aliphatic hydroxyl groups is 1. The average molecular weight is 569 g/mol. The normalized spacial score (nSPS) is 20.0. The monoisotopic (exact) mass is 568 g/mol. The van der Waals surface area contributed by atoms with Crippen LogP contribution in [0.15, 0.2) is 23.1 Å². The molecule has 0 aromatic heterocycles. The summed E-state index contributed by atoms with van der Waals surface area (Å²) in [6, 6.07) is 2.51. The SMILES string of the molecule is CC(C)CN(C[C@@H](O)[C@H](C)NC(=O)[C@@H](NC(=O)[C@@H]1CCCN1)C(C)(C)C)S(=O)(=O)c1ccc2c(c1)OCCO2. The number of hydrogen-bond donors (Lipinski definition) is 4. The number of benzene rings is 1. The second-order valence-corrected chi connectivity index (χ2v) is 13.8. The maximum absolute atomic E-state index is 13.6. The number of carbonyl (C=O) groups excluding carboxylic acids is 2. The van der Waals surface area contributed by atoms with Crippen LogP contribution in [0, 0.1) is 11.3 Å². The molecule has 0 bridgehead atoms. The molecule has 1 saturated heterocycles. The average Bonchev–Trinajstić information content (AvgIpc) is 3.40. The van der Waals surface area contributed by atoms with Crippen LogP contribution in [0.25, 0.3) is 0 Å². The summed E-state index contributed by atoms with van der Waals surface area (Å²) >= 11 is 0. The lowest BCUT2D eigenvalue weighted by Gasteiger charge is -2.34. The van der Waals surface area contributed by atoms with Crippen molar-refractivity contribution in [1.82, 2.24) is 20.3 Å². The number of fused-ring (bicyclic) bond motifs is 1.